The van der Waals surface area contributed by atoms with Crippen LogP contribution in [-0.4, -0.2) is 49.4 Å². The molecule has 5 nitrogen and oxygen atoms in total. The molecule has 2 aromatic rings. The molecule has 0 atom stereocenters. The molecule has 0 unspecified atom stereocenters. The Hall–Kier alpha value is -1.76. The van der Waals surface area contributed by atoms with Crippen LogP contribution in [0, 0.1) is 11.2 Å². The van der Waals surface area contributed by atoms with Gasteiger partial charge in [0, 0.05) is 37.3 Å². The number of aromatic nitrogens is 1. The molecule has 0 bridgehead atoms. The Balaban J connectivity index is 1.45. The molecule has 0 radical (unpaired) electrons. The molecule has 4 rings (SSSR count). The lowest BCUT2D eigenvalue weighted by Crippen LogP contribution is -2.42. The van der Waals surface area contributed by atoms with Gasteiger partial charge < -0.3 is 13.9 Å². The Labute approximate surface area is 146 Å². The zero-order valence-corrected chi connectivity index (χ0v) is 14.2. The van der Waals surface area contributed by atoms with Gasteiger partial charge in [-0.15, -0.1) is 0 Å². The van der Waals surface area contributed by atoms with Crippen LogP contribution in [0.15, 0.2) is 34.9 Å². The Morgan fingerprint density at radius 1 is 1.08 bits per heavy atom. The van der Waals surface area contributed by atoms with E-state index in [9.17, 15) is 4.39 Å². The van der Waals surface area contributed by atoms with Crippen LogP contribution in [0.4, 0.5) is 4.39 Å². The number of ether oxygens (including phenoxy) is 2. The van der Waals surface area contributed by atoms with Crippen LogP contribution in [-0.2, 0) is 16.0 Å². The van der Waals surface area contributed by atoms with E-state index in [0.29, 0.717) is 18.2 Å². The number of rotatable bonds is 3. The molecular formula is C19H23FN2O3. The topological polar surface area (TPSA) is 47.7 Å². The first-order valence-corrected chi connectivity index (χ1v) is 8.81. The number of nitrogens with zero attached hydrogens (tertiary/aromatic N) is 2. The maximum absolute atomic E-state index is 13.1. The molecule has 0 saturated carbocycles. The van der Waals surface area contributed by atoms with Crippen LogP contribution < -0.4 is 0 Å². The van der Waals surface area contributed by atoms with E-state index in [-0.39, 0.29) is 11.2 Å². The fourth-order valence-corrected chi connectivity index (χ4v) is 3.65. The van der Waals surface area contributed by atoms with E-state index < -0.39 is 0 Å². The van der Waals surface area contributed by atoms with Crippen LogP contribution in [0.25, 0.3) is 11.3 Å². The Morgan fingerprint density at radius 3 is 2.68 bits per heavy atom. The van der Waals surface area contributed by atoms with Gasteiger partial charge in [0.1, 0.15) is 5.82 Å². The molecule has 3 heterocycles. The highest BCUT2D eigenvalue weighted by Gasteiger charge is 2.36. The first-order valence-electron chi connectivity index (χ1n) is 8.81. The summed E-state index contributed by atoms with van der Waals surface area (Å²) in [6.45, 7) is 5.66. The van der Waals surface area contributed by atoms with Gasteiger partial charge in [-0.25, -0.2) is 9.37 Å². The molecule has 6 heteroatoms. The first-order chi connectivity index (χ1) is 12.2. The van der Waals surface area contributed by atoms with Gasteiger partial charge in [-0.2, -0.15) is 0 Å². The molecule has 2 aliphatic heterocycles. The predicted molar refractivity (Wildman–Crippen MR) is 90.5 cm³/mol. The highest BCUT2D eigenvalue weighted by atomic mass is 19.1. The lowest BCUT2D eigenvalue weighted by atomic mass is 9.80. The summed E-state index contributed by atoms with van der Waals surface area (Å²) in [5, 5.41) is 0. The molecule has 1 aromatic carbocycles. The molecule has 2 aliphatic rings. The highest BCUT2D eigenvalue weighted by molar-refractivity contribution is 5.55. The van der Waals surface area contributed by atoms with E-state index in [2.05, 4.69) is 9.88 Å². The summed E-state index contributed by atoms with van der Waals surface area (Å²) in [5.41, 5.74) is 1.02. The summed E-state index contributed by atoms with van der Waals surface area (Å²) < 4.78 is 30.3. The number of oxazole rings is 1. The van der Waals surface area contributed by atoms with Crippen molar-refractivity contribution in [2.24, 2.45) is 5.41 Å². The standard InChI is InChI=1S/C19H23FN2O3/c20-16-3-1-15(2-4-16)17-11-21-18(25-17)12-22-7-10-24-14-19(13-22)5-8-23-9-6-19/h1-4,11H,5-10,12-14H2. The van der Waals surface area contributed by atoms with Crippen molar-refractivity contribution in [1.82, 2.24) is 9.88 Å². The summed E-state index contributed by atoms with van der Waals surface area (Å²) in [6, 6.07) is 6.27. The number of hydrogen-bond donors (Lipinski definition) is 0. The summed E-state index contributed by atoms with van der Waals surface area (Å²) in [5.74, 6) is 1.10. The van der Waals surface area contributed by atoms with Crippen LogP contribution in [0.5, 0.6) is 0 Å². The maximum atomic E-state index is 13.1. The van der Waals surface area contributed by atoms with Crippen LogP contribution >= 0.6 is 0 Å². The Bertz CT molecular complexity index is 695. The van der Waals surface area contributed by atoms with Gasteiger partial charge in [0.2, 0.25) is 5.89 Å². The first kappa shape index (κ1) is 16.7. The number of benzene rings is 1. The van der Waals surface area contributed by atoms with Crippen molar-refractivity contribution in [1.29, 1.82) is 0 Å². The zero-order valence-electron chi connectivity index (χ0n) is 14.2. The largest absolute Gasteiger partial charge is 0.439 e. The van der Waals surface area contributed by atoms with Crippen molar-refractivity contribution in [2.75, 3.05) is 39.5 Å². The molecule has 25 heavy (non-hydrogen) atoms. The lowest BCUT2D eigenvalue weighted by molar-refractivity contribution is -0.0323. The van der Waals surface area contributed by atoms with Gasteiger partial charge in [0.25, 0.3) is 0 Å². The smallest absolute Gasteiger partial charge is 0.209 e. The molecule has 0 aliphatic carbocycles. The molecule has 0 amide bonds. The molecule has 0 N–H and O–H groups in total. The van der Waals surface area contributed by atoms with Gasteiger partial charge in [-0.05, 0) is 37.1 Å². The third kappa shape index (κ3) is 3.92. The van der Waals surface area contributed by atoms with Gasteiger partial charge in [0.15, 0.2) is 5.76 Å². The minimum atomic E-state index is -0.255. The van der Waals surface area contributed by atoms with Crippen molar-refractivity contribution in [3.05, 3.63) is 42.2 Å². The molecule has 2 fully saturated rings. The lowest BCUT2D eigenvalue weighted by Gasteiger charge is -2.38. The third-order valence-corrected chi connectivity index (χ3v) is 5.11. The van der Waals surface area contributed by atoms with Crippen molar-refractivity contribution >= 4 is 0 Å². The summed E-state index contributed by atoms with van der Waals surface area (Å²) in [6.07, 6.45) is 3.78. The number of halogens is 1. The SMILES string of the molecule is Fc1ccc(-c2cnc(CN3CCOCC4(CCOCC4)C3)o2)cc1. The van der Waals surface area contributed by atoms with E-state index in [0.717, 1.165) is 57.9 Å². The second-order valence-electron chi connectivity index (χ2n) is 7.00. The van der Waals surface area contributed by atoms with E-state index in [1.807, 2.05) is 0 Å². The molecule has 1 aromatic heterocycles. The van der Waals surface area contributed by atoms with Crippen molar-refractivity contribution < 1.29 is 18.3 Å². The fraction of sp³-hybridized carbons (Fsp3) is 0.526. The van der Waals surface area contributed by atoms with Gasteiger partial charge in [-0.3, -0.25) is 4.90 Å². The van der Waals surface area contributed by atoms with Crippen molar-refractivity contribution in [2.45, 2.75) is 19.4 Å². The van der Waals surface area contributed by atoms with E-state index in [1.54, 1.807) is 18.3 Å². The third-order valence-electron chi connectivity index (χ3n) is 5.11. The monoisotopic (exact) mass is 346 g/mol. The molecule has 1 spiro atoms. The molecule has 2 saturated heterocycles. The van der Waals surface area contributed by atoms with Gasteiger partial charge in [-0.1, -0.05) is 0 Å². The minimum absolute atomic E-state index is 0.182. The van der Waals surface area contributed by atoms with Crippen LogP contribution in [0.3, 0.4) is 0 Å². The van der Waals surface area contributed by atoms with Gasteiger partial charge in [0.05, 0.1) is 26.0 Å². The normalized spacial score (nSPS) is 21.3. The van der Waals surface area contributed by atoms with Crippen molar-refractivity contribution in [3.8, 4) is 11.3 Å². The summed E-state index contributed by atoms with van der Waals surface area (Å²) in [7, 11) is 0. The average Bonchev–Trinajstić information content (AvgIpc) is 3.00. The number of hydrogen-bond acceptors (Lipinski definition) is 5. The summed E-state index contributed by atoms with van der Waals surface area (Å²) in [4.78, 5) is 6.77. The van der Waals surface area contributed by atoms with Crippen LogP contribution in [0.1, 0.15) is 18.7 Å². The fourth-order valence-electron chi connectivity index (χ4n) is 3.65. The van der Waals surface area contributed by atoms with E-state index >= 15 is 0 Å². The quantitative estimate of drug-likeness (QED) is 0.855. The van der Waals surface area contributed by atoms with E-state index in [4.69, 9.17) is 13.9 Å². The molecular weight excluding hydrogens is 323 g/mol. The summed E-state index contributed by atoms with van der Waals surface area (Å²) >= 11 is 0. The molecule has 134 valence electrons. The minimum Gasteiger partial charge on any atom is -0.439 e. The maximum Gasteiger partial charge on any atom is 0.209 e. The van der Waals surface area contributed by atoms with Gasteiger partial charge >= 0.3 is 0 Å². The Kier molecular flexibility index (Phi) is 4.83. The second-order valence-corrected chi connectivity index (χ2v) is 7.00. The van der Waals surface area contributed by atoms with E-state index in [1.165, 1.54) is 12.1 Å². The predicted octanol–water partition coefficient (Wildman–Crippen LogP) is 3.11. The highest BCUT2D eigenvalue weighted by Crippen LogP contribution is 2.34. The van der Waals surface area contributed by atoms with Crippen molar-refractivity contribution in [3.63, 3.8) is 0 Å². The zero-order chi connectivity index (χ0) is 17.1. The second kappa shape index (κ2) is 7.23. The average molecular weight is 346 g/mol. The van der Waals surface area contributed by atoms with Crippen LogP contribution in [0.2, 0.25) is 0 Å². The Morgan fingerprint density at radius 2 is 1.88 bits per heavy atom.